The Morgan fingerprint density at radius 2 is 2.29 bits per heavy atom. The lowest BCUT2D eigenvalue weighted by atomic mass is 9.64. The van der Waals surface area contributed by atoms with Crippen LogP contribution in [0.25, 0.3) is 0 Å². The summed E-state index contributed by atoms with van der Waals surface area (Å²) in [4.78, 5) is 15.8. The van der Waals surface area contributed by atoms with Gasteiger partial charge in [0.25, 0.3) is 5.91 Å². The summed E-state index contributed by atoms with van der Waals surface area (Å²) in [5.74, 6) is -0.230. The quantitative estimate of drug-likeness (QED) is 0.843. The lowest BCUT2D eigenvalue weighted by molar-refractivity contribution is -0.0690. The number of carbonyl (C=O) groups is 1. The van der Waals surface area contributed by atoms with E-state index in [2.05, 4.69) is 10.3 Å². The van der Waals surface area contributed by atoms with E-state index >= 15 is 0 Å². The Morgan fingerprint density at radius 3 is 2.76 bits per heavy atom. The molecule has 1 aromatic heterocycles. The van der Waals surface area contributed by atoms with Crippen LogP contribution in [-0.2, 0) is 0 Å². The molecule has 17 heavy (non-hydrogen) atoms. The molecule has 0 radical (unpaired) electrons. The highest BCUT2D eigenvalue weighted by Gasteiger charge is 2.48. The lowest BCUT2D eigenvalue weighted by Crippen LogP contribution is -2.61. The highest BCUT2D eigenvalue weighted by atomic mass is 35.5. The second-order valence-corrected chi connectivity index (χ2v) is 5.40. The number of nitrogens with one attached hydrogen (secondary N) is 1. The van der Waals surface area contributed by atoms with Gasteiger partial charge in [-0.15, -0.1) is 0 Å². The maximum absolute atomic E-state index is 11.9. The van der Waals surface area contributed by atoms with Crippen molar-refractivity contribution in [3.8, 4) is 0 Å². The summed E-state index contributed by atoms with van der Waals surface area (Å²) < 4.78 is 0. The number of hydrogen-bond acceptors (Lipinski definition) is 3. The highest BCUT2D eigenvalue weighted by Crippen LogP contribution is 2.40. The van der Waals surface area contributed by atoms with Crippen LogP contribution < -0.4 is 5.32 Å². The van der Waals surface area contributed by atoms with Gasteiger partial charge in [-0.05, 0) is 18.6 Å². The number of aromatic nitrogens is 1. The van der Waals surface area contributed by atoms with E-state index in [9.17, 15) is 9.90 Å². The maximum atomic E-state index is 11.9. The van der Waals surface area contributed by atoms with E-state index in [-0.39, 0.29) is 23.5 Å². The summed E-state index contributed by atoms with van der Waals surface area (Å²) in [6, 6.07) is 3.20. The summed E-state index contributed by atoms with van der Waals surface area (Å²) >= 11 is 5.70. The fourth-order valence-corrected chi connectivity index (χ4v) is 2.00. The van der Waals surface area contributed by atoms with Crippen molar-refractivity contribution in [1.29, 1.82) is 0 Å². The van der Waals surface area contributed by atoms with Crippen LogP contribution in [0.3, 0.4) is 0 Å². The molecule has 2 rings (SSSR count). The molecule has 0 spiro atoms. The van der Waals surface area contributed by atoms with Crippen molar-refractivity contribution in [2.45, 2.75) is 32.4 Å². The smallest absolute Gasteiger partial charge is 0.270 e. The van der Waals surface area contributed by atoms with E-state index in [1.807, 2.05) is 13.8 Å². The number of amides is 1. The third-order valence-corrected chi connectivity index (χ3v) is 3.70. The standard InChI is InChI=1S/C12H15ClN2O2/c1-12(2)9(5-10(12)16)15-11(17)8-4-3-7(13)6-14-8/h3-4,6,9-10,16H,5H2,1-2H3,(H,15,17). The summed E-state index contributed by atoms with van der Waals surface area (Å²) in [6.45, 7) is 3.86. The third kappa shape index (κ3) is 2.28. The zero-order valence-corrected chi connectivity index (χ0v) is 10.5. The molecule has 1 heterocycles. The van der Waals surface area contributed by atoms with Gasteiger partial charge in [0, 0.05) is 17.7 Å². The predicted molar refractivity (Wildman–Crippen MR) is 64.9 cm³/mol. The zero-order chi connectivity index (χ0) is 12.6. The second-order valence-electron chi connectivity index (χ2n) is 4.96. The van der Waals surface area contributed by atoms with Gasteiger partial charge in [-0.1, -0.05) is 25.4 Å². The molecule has 5 heteroatoms. The molecule has 1 amide bonds. The Kier molecular flexibility index (Phi) is 3.10. The number of aliphatic hydroxyl groups is 1. The summed E-state index contributed by atoms with van der Waals surface area (Å²) in [5.41, 5.74) is 0.0637. The molecule has 2 N–H and O–H groups in total. The summed E-state index contributed by atoms with van der Waals surface area (Å²) in [7, 11) is 0. The first kappa shape index (κ1) is 12.3. The maximum Gasteiger partial charge on any atom is 0.270 e. The first-order valence-corrected chi connectivity index (χ1v) is 5.89. The van der Waals surface area contributed by atoms with Gasteiger partial charge >= 0.3 is 0 Å². The minimum absolute atomic E-state index is 0.0116. The average molecular weight is 255 g/mol. The Morgan fingerprint density at radius 1 is 1.59 bits per heavy atom. The zero-order valence-electron chi connectivity index (χ0n) is 9.77. The molecule has 0 saturated heterocycles. The van der Waals surface area contributed by atoms with Crippen LogP contribution in [-0.4, -0.2) is 28.1 Å². The number of carbonyl (C=O) groups excluding carboxylic acids is 1. The van der Waals surface area contributed by atoms with Crippen LogP contribution in [0.4, 0.5) is 0 Å². The fraction of sp³-hybridized carbons (Fsp3) is 0.500. The molecule has 0 bridgehead atoms. The normalized spacial score (nSPS) is 26.1. The van der Waals surface area contributed by atoms with Crippen molar-refractivity contribution in [3.63, 3.8) is 0 Å². The molecule has 0 aromatic carbocycles. The monoisotopic (exact) mass is 254 g/mol. The molecule has 1 aromatic rings. The fourth-order valence-electron chi connectivity index (χ4n) is 1.89. The van der Waals surface area contributed by atoms with E-state index in [1.165, 1.54) is 6.20 Å². The van der Waals surface area contributed by atoms with E-state index in [0.29, 0.717) is 17.1 Å². The average Bonchev–Trinajstić information content (AvgIpc) is 2.29. The Balaban J connectivity index is 2.01. The number of aliphatic hydroxyl groups excluding tert-OH is 1. The molecule has 0 aliphatic heterocycles. The first-order valence-electron chi connectivity index (χ1n) is 5.51. The lowest BCUT2D eigenvalue weighted by Gasteiger charge is -2.49. The Labute approximate surface area is 105 Å². The largest absolute Gasteiger partial charge is 0.392 e. The summed E-state index contributed by atoms with van der Waals surface area (Å²) in [6.07, 6.45) is 1.68. The number of hydrogen-bond donors (Lipinski definition) is 2. The molecule has 4 nitrogen and oxygen atoms in total. The van der Waals surface area contributed by atoms with Crippen LogP contribution in [0, 0.1) is 5.41 Å². The third-order valence-electron chi connectivity index (χ3n) is 3.48. The van der Waals surface area contributed by atoms with Crippen LogP contribution in [0.5, 0.6) is 0 Å². The van der Waals surface area contributed by atoms with E-state index in [1.54, 1.807) is 12.1 Å². The van der Waals surface area contributed by atoms with Crippen molar-refractivity contribution in [3.05, 3.63) is 29.0 Å². The molecule has 2 unspecified atom stereocenters. The van der Waals surface area contributed by atoms with Gasteiger partial charge in [-0.2, -0.15) is 0 Å². The van der Waals surface area contributed by atoms with Crippen LogP contribution in [0.15, 0.2) is 18.3 Å². The topological polar surface area (TPSA) is 62.2 Å². The number of rotatable bonds is 2. The number of halogens is 1. The van der Waals surface area contributed by atoms with E-state index in [0.717, 1.165) is 0 Å². The molecule has 1 aliphatic rings. The highest BCUT2D eigenvalue weighted by molar-refractivity contribution is 6.30. The van der Waals surface area contributed by atoms with Gasteiger partial charge in [-0.25, -0.2) is 4.98 Å². The van der Waals surface area contributed by atoms with Gasteiger partial charge in [0.05, 0.1) is 11.1 Å². The number of pyridine rings is 1. The summed E-state index contributed by atoms with van der Waals surface area (Å²) in [5, 5.41) is 13.0. The Hall–Kier alpha value is -1.13. The molecule has 92 valence electrons. The Bertz CT molecular complexity index is 431. The van der Waals surface area contributed by atoms with Crippen molar-refractivity contribution in [2.24, 2.45) is 5.41 Å². The van der Waals surface area contributed by atoms with Gasteiger partial charge in [0.2, 0.25) is 0 Å². The minimum Gasteiger partial charge on any atom is -0.392 e. The first-order chi connectivity index (χ1) is 7.91. The molecule has 1 saturated carbocycles. The van der Waals surface area contributed by atoms with Gasteiger partial charge in [0.15, 0.2) is 0 Å². The van der Waals surface area contributed by atoms with Crippen molar-refractivity contribution >= 4 is 17.5 Å². The minimum atomic E-state index is -0.356. The molecular weight excluding hydrogens is 240 g/mol. The van der Waals surface area contributed by atoms with Crippen molar-refractivity contribution < 1.29 is 9.90 Å². The van der Waals surface area contributed by atoms with Crippen LogP contribution in [0.2, 0.25) is 5.02 Å². The molecule has 2 atom stereocenters. The van der Waals surface area contributed by atoms with Gasteiger partial charge < -0.3 is 10.4 Å². The van der Waals surface area contributed by atoms with E-state index in [4.69, 9.17) is 11.6 Å². The van der Waals surface area contributed by atoms with Gasteiger partial charge in [-0.3, -0.25) is 4.79 Å². The van der Waals surface area contributed by atoms with Crippen molar-refractivity contribution in [1.82, 2.24) is 10.3 Å². The molecular formula is C12H15ClN2O2. The second kappa shape index (κ2) is 4.27. The SMILES string of the molecule is CC1(C)C(O)CC1NC(=O)c1ccc(Cl)cn1. The molecule has 1 aliphatic carbocycles. The van der Waals surface area contributed by atoms with E-state index < -0.39 is 0 Å². The van der Waals surface area contributed by atoms with Crippen LogP contribution in [0.1, 0.15) is 30.8 Å². The molecule has 1 fully saturated rings. The van der Waals surface area contributed by atoms with Crippen molar-refractivity contribution in [2.75, 3.05) is 0 Å². The van der Waals surface area contributed by atoms with Crippen LogP contribution >= 0.6 is 11.6 Å². The number of nitrogens with zero attached hydrogens (tertiary/aromatic N) is 1. The predicted octanol–water partition coefficient (Wildman–Crippen LogP) is 1.62. The van der Waals surface area contributed by atoms with Gasteiger partial charge in [0.1, 0.15) is 5.69 Å².